The largest absolute Gasteiger partial charge is 0.244 e. The number of rotatable bonds is 5. The number of isocyanates is 1. The van der Waals surface area contributed by atoms with Gasteiger partial charge in [-0.25, -0.2) is 18.6 Å². The molecule has 0 aliphatic heterocycles. The van der Waals surface area contributed by atoms with Crippen LogP contribution in [-0.4, -0.2) is 25.0 Å². The van der Waals surface area contributed by atoms with E-state index in [1.54, 1.807) is 6.92 Å². The lowest BCUT2D eigenvalue weighted by atomic mass is 10.1. The van der Waals surface area contributed by atoms with E-state index in [0.29, 0.717) is 0 Å². The van der Waals surface area contributed by atoms with Crippen LogP contribution in [0.5, 0.6) is 0 Å². The second-order valence-corrected chi connectivity index (χ2v) is 2.20. The summed E-state index contributed by atoms with van der Waals surface area (Å²) in [5, 5.41) is 0. The van der Waals surface area contributed by atoms with Gasteiger partial charge < -0.3 is 0 Å². The highest BCUT2D eigenvalue weighted by Crippen LogP contribution is 2.11. The molecule has 0 aromatic carbocycles. The van der Waals surface area contributed by atoms with Crippen LogP contribution in [0.2, 0.25) is 0 Å². The summed E-state index contributed by atoms with van der Waals surface area (Å²) >= 11 is 0. The molecule has 0 rings (SSSR count). The molecule has 2 unspecified atom stereocenters. The van der Waals surface area contributed by atoms with Gasteiger partial charge in [-0.1, -0.05) is 6.92 Å². The molecular formula is C7H11F2NO. The zero-order valence-corrected chi connectivity index (χ0v) is 6.39. The molecule has 0 aliphatic rings. The summed E-state index contributed by atoms with van der Waals surface area (Å²) in [6, 6.07) is 0. The standard InChI is InChI=1S/C7H11F2NO/c1-2-6(8)7(9)3-4-10-5-11/h6-7H,2-4H2,1H3. The Balaban J connectivity index is 3.50. The van der Waals surface area contributed by atoms with Gasteiger partial charge in [0.1, 0.15) is 12.3 Å². The molecule has 0 radical (unpaired) electrons. The van der Waals surface area contributed by atoms with Gasteiger partial charge in [-0.05, 0) is 6.42 Å². The first-order valence-electron chi connectivity index (χ1n) is 3.54. The molecule has 0 N–H and O–H groups in total. The van der Waals surface area contributed by atoms with E-state index < -0.39 is 12.3 Å². The molecule has 0 fully saturated rings. The van der Waals surface area contributed by atoms with Crippen molar-refractivity contribution in [2.75, 3.05) is 6.54 Å². The van der Waals surface area contributed by atoms with E-state index >= 15 is 0 Å². The summed E-state index contributed by atoms with van der Waals surface area (Å²) in [5.41, 5.74) is 0. The first-order chi connectivity index (χ1) is 5.22. The van der Waals surface area contributed by atoms with Crippen molar-refractivity contribution < 1.29 is 13.6 Å². The number of halogens is 2. The molecule has 0 heterocycles. The first-order valence-corrected chi connectivity index (χ1v) is 3.54. The number of hydrogen-bond donors (Lipinski definition) is 0. The van der Waals surface area contributed by atoms with Gasteiger partial charge in [0.25, 0.3) is 0 Å². The maximum absolute atomic E-state index is 12.6. The Bertz CT molecular complexity index is 145. The van der Waals surface area contributed by atoms with Gasteiger partial charge in [-0.15, -0.1) is 0 Å². The average molecular weight is 163 g/mol. The lowest BCUT2D eigenvalue weighted by Crippen LogP contribution is -2.16. The maximum atomic E-state index is 12.6. The number of carbonyl (C=O) groups excluding carboxylic acids is 1. The van der Waals surface area contributed by atoms with E-state index in [2.05, 4.69) is 4.99 Å². The van der Waals surface area contributed by atoms with Gasteiger partial charge in [0.15, 0.2) is 0 Å². The van der Waals surface area contributed by atoms with E-state index in [-0.39, 0.29) is 19.4 Å². The van der Waals surface area contributed by atoms with Crippen LogP contribution < -0.4 is 0 Å². The Hall–Kier alpha value is -0.760. The fourth-order valence-corrected chi connectivity index (χ4v) is 0.670. The van der Waals surface area contributed by atoms with Crippen LogP contribution in [0.3, 0.4) is 0 Å². The second-order valence-electron chi connectivity index (χ2n) is 2.20. The molecule has 4 heteroatoms. The van der Waals surface area contributed by atoms with Gasteiger partial charge in [-0.2, -0.15) is 0 Å². The van der Waals surface area contributed by atoms with E-state index in [1.165, 1.54) is 6.08 Å². The molecule has 2 nitrogen and oxygen atoms in total. The van der Waals surface area contributed by atoms with Crippen LogP contribution in [0, 0.1) is 0 Å². The van der Waals surface area contributed by atoms with Crippen molar-refractivity contribution >= 4 is 6.08 Å². The summed E-state index contributed by atoms with van der Waals surface area (Å²) in [5.74, 6) is 0. The molecular weight excluding hydrogens is 152 g/mol. The molecule has 2 atom stereocenters. The van der Waals surface area contributed by atoms with Crippen molar-refractivity contribution in [1.29, 1.82) is 0 Å². The third-order valence-corrected chi connectivity index (χ3v) is 1.36. The molecule has 0 aromatic heterocycles. The van der Waals surface area contributed by atoms with Gasteiger partial charge in [0, 0.05) is 6.42 Å². The zero-order chi connectivity index (χ0) is 8.69. The molecule has 0 saturated heterocycles. The minimum atomic E-state index is -1.50. The molecule has 0 saturated carbocycles. The predicted molar refractivity (Wildman–Crippen MR) is 37.7 cm³/mol. The van der Waals surface area contributed by atoms with Crippen LogP contribution in [0.1, 0.15) is 19.8 Å². The number of aliphatic imine (C=N–C) groups is 1. The van der Waals surface area contributed by atoms with Crippen LogP contribution >= 0.6 is 0 Å². The highest BCUT2D eigenvalue weighted by molar-refractivity contribution is 5.32. The monoisotopic (exact) mass is 163 g/mol. The fourth-order valence-electron chi connectivity index (χ4n) is 0.670. The molecule has 11 heavy (non-hydrogen) atoms. The minimum Gasteiger partial charge on any atom is -0.244 e. The Morgan fingerprint density at radius 2 is 2.09 bits per heavy atom. The minimum absolute atomic E-state index is 0.0189. The molecule has 0 amide bonds. The first kappa shape index (κ1) is 10.2. The van der Waals surface area contributed by atoms with E-state index in [1.807, 2.05) is 0 Å². The number of hydrogen-bond acceptors (Lipinski definition) is 2. The van der Waals surface area contributed by atoms with Crippen molar-refractivity contribution in [3.05, 3.63) is 0 Å². The topological polar surface area (TPSA) is 29.4 Å². The SMILES string of the molecule is CCC(F)C(F)CCN=C=O. The second kappa shape index (κ2) is 5.98. The quantitative estimate of drug-likeness (QED) is 0.449. The summed E-state index contributed by atoms with van der Waals surface area (Å²) in [4.78, 5) is 12.6. The van der Waals surface area contributed by atoms with Crippen molar-refractivity contribution in [1.82, 2.24) is 0 Å². The molecule has 64 valence electrons. The average Bonchev–Trinajstić information content (AvgIpc) is 2.03. The van der Waals surface area contributed by atoms with E-state index in [0.717, 1.165) is 0 Å². The van der Waals surface area contributed by atoms with Crippen LogP contribution in [0.4, 0.5) is 8.78 Å². The lowest BCUT2D eigenvalue weighted by molar-refractivity contribution is 0.156. The Kier molecular flexibility index (Phi) is 5.57. The summed E-state index contributed by atoms with van der Waals surface area (Å²) in [6.07, 6.45) is -1.55. The predicted octanol–water partition coefficient (Wildman–Crippen LogP) is 1.80. The van der Waals surface area contributed by atoms with Crippen LogP contribution in [0.15, 0.2) is 4.99 Å². The van der Waals surface area contributed by atoms with E-state index in [4.69, 9.17) is 0 Å². The normalized spacial score (nSPS) is 15.2. The van der Waals surface area contributed by atoms with Crippen molar-refractivity contribution in [2.24, 2.45) is 4.99 Å². The number of alkyl halides is 2. The maximum Gasteiger partial charge on any atom is 0.234 e. The van der Waals surface area contributed by atoms with Crippen molar-refractivity contribution in [3.63, 3.8) is 0 Å². The molecule has 0 aliphatic carbocycles. The zero-order valence-electron chi connectivity index (χ0n) is 6.39. The molecule has 0 spiro atoms. The Labute approximate surface area is 64.3 Å². The highest BCUT2D eigenvalue weighted by atomic mass is 19.2. The van der Waals surface area contributed by atoms with Gasteiger partial charge >= 0.3 is 0 Å². The highest BCUT2D eigenvalue weighted by Gasteiger charge is 2.17. The van der Waals surface area contributed by atoms with E-state index in [9.17, 15) is 13.6 Å². The van der Waals surface area contributed by atoms with Gasteiger partial charge in [0.2, 0.25) is 6.08 Å². The smallest absolute Gasteiger partial charge is 0.234 e. The van der Waals surface area contributed by atoms with Crippen molar-refractivity contribution in [3.8, 4) is 0 Å². The third-order valence-electron chi connectivity index (χ3n) is 1.36. The number of nitrogens with zero attached hydrogens (tertiary/aromatic N) is 1. The van der Waals surface area contributed by atoms with Crippen molar-refractivity contribution in [2.45, 2.75) is 32.1 Å². The third kappa shape index (κ3) is 4.62. The summed E-state index contributed by atoms with van der Waals surface area (Å²) in [7, 11) is 0. The van der Waals surface area contributed by atoms with Crippen LogP contribution in [0.25, 0.3) is 0 Å². The Morgan fingerprint density at radius 1 is 1.45 bits per heavy atom. The summed E-state index contributed by atoms with van der Waals surface area (Å²) in [6.45, 7) is 1.59. The van der Waals surface area contributed by atoms with Crippen LogP contribution in [-0.2, 0) is 4.79 Å². The summed E-state index contributed by atoms with van der Waals surface area (Å²) < 4.78 is 25.0. The molecule has 0 aromatic rings. The van der Waals surface area contributed by atoms with Gasteiger partial charge in [0.05, 0.1) is 6.54 Å². The van der Waals surface area contributed by atoms with Gasteiger partial charge in [-0.3, -0.25) is 0 Å². The fraction of sp³-hybridized carbons (Fsp3) is 0.857. The molecule has 0 bridgehead atoms. The Morgan fingerprint density at radius 3 is 2.55 bits per heavy atom. The lowest BCUT2D eigenvalue weighted by Gasteiger charge is -2.08.